The minimum atomic E-state index is -0.867. The van der Waals surface area contributed by atoms with E-state index in [1.165, 1.54) is 11.3 Å². The monoisotopic (exact) mass is 698 g/mol. The number of furan rings is 1. The van der Waals surface area contributed by atoms with Crippen LogP contribution in [0.25, 0.3) is 28.2 Å². The lowest BCUT2D eigenvalue weighted by molar-refractivity contribution is -0.139. The van der Waals surface area contributed by atoms with Crippen molar-refractivity contribution in [1.29, 1.82) is 0 Å². The molecule has 1 aliphatic rings. The highest BCUT2D eigenvalue weighted by molar-refractivity contribution is 7.07. The second-order valence-electron chi connectivity index (χ2n) is 11.7. The summed E-state index contributed by atoms with van der Waals surface area (Å²) in [5, 5.41) is 2.19. The lowest BCUT2D eigenvalue weighted by atomic mass is 9.90. The standard InChI is InChI=1S/C38H35ClN2O7S/c1-6-10-28-33(37(44)46-7-2)34(32-25-12-9-8-11-22(25)13-17-30(32)45-5)41-35(42)31(49-38(41)40-28)20-24-15-18-29(48-24)27-19-23(39)14-16-26(27)36(43)47-21(3)4/h8-9,11-21,34H,6-7,10H2,1-5H3/b31-20+/t34-/m0/s1. The minimum Gasteiger partial charge on any atom is -0.496 e. The summed E-state index contributed by atoms with van der Waals surface area (Å²) in [6, 6.07) is 19.0. The van der Waals surface area contributed by atoms with Crippen molar-refractivity contribution in [2.75, 3.05) is 13.7 Å². The van der Waals surface area contributed by atoms with Crippen molar-refractivity contribution >= 4 is 51.7 Å². The van der Waals surface area contributed by atoms with Crippen molar-refractivity contribution in [1.82, 2.24) is 4.57 Å². The van der Waals surface area contributed by atoms with Crippen LogP contribution < -0.4 is 19.6 Å². The van der Waals surface area contributed by atoms with E-state index < -0.39 is 18.0 Å². The Kier molecular flexibility index (Phi) is 9.89. The van der Waals surface area contributed by atoms with Crippen LogP contribution in [0.2, 0.25) is 5.02 Å². The Morgan fingerprint density at radius 3 is 2.59 bits per heavy atom. The molecule has 3 heterocycles. The van der Waals surface area contributed by atoms with Gasteiger partial charge in [-0.15, -0.1) is 0 Å². The molecule has 6 rings (SSSR count). The SMILES string of the molecule is CCCC1=C(C(=O)OCC)[C@H](c2c(OC)ccc3ccccc23)n2c(s/c(=C/c3ccc(-c4cc(Cl)ccc4C(=O)OC(C)C)o3)c2=O)=N1. The number of carbonyl (C=O) groups is 2. The Hall–Kier alpha value is -4.93. The molecule has 5 aromatic rings. The molecule has 1 atom stereocenters. The molecule has 0 N–H and O–H groups in total. The van der Waals surface area contributed by atoms with Crippen LogP contribution in [0, 0.1) is 0 Å². The normalized spacial score (nSPS) is 14.6. The number of halogens is 1. The summed E-state index contributed by atoms with van der Waals surface area (Å²) in [7, 11) is 1.57. The molecule has 0 radical (unpaired) electrons. The number of hydrogen-bond donors (Lipinski definition) is 0. The van der Waals surface area contributed by atoms with E-state index in [1.807, 2.05) is 43.3 Å². The summed E-state index contributed by atoms with van der Waals surface area (Å²) >= 11 is 7.50. The zero-order valence-electron chi connectivity index (χ0n) is 27.7. The van der Waals surface area contributed by atoms with Crippen molar-refractivity contribution in [3.8, 4) is 17.1 Å². The van der Waals surface area contributed by atoms with Crippen LogP contribution in [0.5, 0.6) is 5.75 Å². The van der Waals surface area contributed by atoms with E-state index in [0.29, 0.717) is 66.0 Å². The topological polar surface area (TPSA) is 109 Å². The van der Waals surface area contributed by atoms with Gasteiger partial charge in [0.05, 0.1) is 41.2 Å². The minimum absolute atomic E-state index is 0.163. The Balaban J connectivity index is 1.55. The van der Waals surface area contributed by atoms with Crippen molar-refractivity contribution in [2.45, 2.75) is 52.7 Å². The van der Waals surface area contributed by atoms with Crippen molar-refractivity contribution in [3.63, 3.8) is 0 Å². The molecule has 0 amide bonds. The molecule has 11 heteroatoms. The summed E-state index contributed by atoms with van der Waals surface area (Å²) in [5.41, 5.74) is 1.95. The molecule has 0 fully saturated rings. The molecular formula is C38H35ClN2O7S. The van der Waals surface area contributed by atoms with E-state index >= 15 is 0 Å². The lowest BCUT2D eigenvalue weighted by Gasteiger charge is -2.28. The third-order valence-corrected chi connectivity index (χ3v) is 9.24. The van der Waals surface area contributed by atoms with Gasteiger partial charge in [-0.1, -0.05) is 66.6 Å². The van der Waals surface area contributed by atoms with Crippen LogP contribution in [-0.4, -0.2) is 36.3 Å². The van der Waals surface area contributed by atoms with Gasteiger partial charge in [0.15, 0.2) is 4.80 Å². The number of methoxy groups -OCH3 is 1. The molecule has 0 aliphatic carbocycles. The first-order valence-electron chi connectivity index (χ1n) is 16.0. The number of benzene rings is 3. The van der Waals surface area contributed by atoms with Crippen LogP contribution in [0.15, 0.2) is 92.2 Å². The Bertz CT molecular complexity index is 2300. The first-order valence-corrected chi connectivity index (χ1v) is 17.2. The molecular weight excluding hydrogens is 664 g/mol. The van der Waals surface area contributed by atoms with Crippen molar-refractivity contribution in [3.05, 3.63) is 120 Å². The third-order valence-electron chi connectivity index (χ3n) is 8.03. The molecule has 49 heavy (non-hydrogen) atoms. The number of nitrogens with zero attached hydrogens (tertiary/aromatic N) is 2. The fourth-order valence-corrected chi connectivity index (χ4v) is 7.18. The van der Waals surface area contributed by atoms with E-state index in [4.69, 9.17) is 35.2 Å². The van der Waals surface area contributed by atoms with E-state index in [2.05, 4.69) is 0 Å². The van der Waals surface area contributed by atoms with Gasteiger partial charge in [-0.3, -0.25) is 9.36 Å². The van der Waals surface area contributed by atoms with E-state index in [0.717, 1.165) is 17.2 Å². The number of allylic oxidation sites excluding steroid dienone is 1. The smallest absolute Gasteiger partial charge is 0.339 e. The lowest BCUT2D eigenvalue weighted by Crippen LogP contribution is -2.40. The van der Waals surface area contributed by atoms with Crippen LogP contribution >= 0.6 is 22.9 Å². The Morgan fingerprint density at radius 2 is 1.86 bits per heavy atom. The van der Waals surface area contributed by atoms with E-state index in [-0.39, 0.29) is 18.3 Å². The molecule has 9 nitrogen and oxygen atoms in total. The molecule has 3 aromatic carbocycles. The maximum atomic E-state index is 14.4. The van der Waals surface area contributed by atoms with Crippen LogP contribution in [0.4, 0.5) is 0 Å². The molecule has 1 aliphatic heterocycles. The maximum absolute atomic E-state index is 14.4. The summed E-state index contributed by atoms with van der Waals surface area (Å²) in [6.07, 6.45) is 2.55. The number of ether oxygens (including phenoxy) is 3. The highest BCUT2D eigenvalue weighted by atomic mass is 35.5. The maximum Gasteiger partial charge on any atom is 0.339 e. The molecule has 0 saturated heterocycles. The predicted octanol–water partition coefficient (Wildman–Crippen LogP) is 7.22. The number of fused-ring (bicyclic) bond motifs is 2. The van der Waals surface area contributed by atoms with Crippen LogP contribution in [-0.2, 0) is 14.3 Å². The molecule has 2 aromatic heterocycles. The summed E-state index contributed by atoms with van der Waals surface area (Å²) < 4.78 is 24.9. The van der Waals surface area contributed by atoms with E-state index in [9.17, 15) is 14.4 Å². The number of thiazole rings is 1. The van der Waals surface area contributed by atoms with Gasteiger partial charge >= 0.3 is 11.9 Å². The number of carbonyl (C=O) groups excluding carboxylic acids is 2. The summed E-state index contributed by atoms with van der Waals surface area (Å²) in [4.78, 5) is 46.4. The zero-order valence-corrected chi connectivity index (χ0v) is 29.3. The van der Waals surface area contributed by atoms with Crippen molar-refractivity contribution < 1.29 is 28.2 Å². The van der Waals surface area contributed by atoms with Gasteiger partial charge in [-0.2, -0.15) is 0 Å². The second kappa shape index (κ2) is 14.3. The van der Waals surface area contributed by atoms with Gasteiger partial charge in [0, 0.05) is 22.2 Å². The summed E-state index contributed by atoms with van der Waals surface area (Å²) in [6.45, 7) is 7.47. The number of esters is 2. The first kappa shape index (κ1) is 34.0. The fourth-order valence-electron chi connectivity index (χ4n) is 6.01. The predicted molar refractivity (Wildman–Crippen MR) is 190 cm³/mol. The number of aromatic nitrogens is 1. The third kappa shape index (κ3) is 6.58. The number of rotatable bonds is 10. The molecule has 0 bridgehead atoms. The largest absolute Gasteiger partial charge is 0.496 e. The van der Waals surface area contributed by atoms with Crippen LogP contribution in [0.1, 0.15) is 68.3 Å². The first-order chi connectivity index (χ1) is 23.6. The van der Waals surface area contributed by atoms with Gasteiger partial charge in [-0.05, 0) is 74.4 Å². The quantitative estimate of drug-likeness (QED) is 0.142. The van der Waals surface area contributed by atoms with Gasteiger partial charge < -0.3 is 18.6 Å². The van der Waals surface area contributed by atoms with E-state index in [1.54, 1.807) is 68.9 Å². The average molecular weight is 699 g/mol. The van der Waals surface area contributed by atoms with Crippen LogP contribution in [0.3, 0.4) is 0 Å². The van der Waals surface area contributed by atoms with Gasteiger partial charge in [-0.25, -0.2) is 14.6 Å². The van der Waals surface area contributed by atoms with Gasteiger partial charge in [0.2, 0.25) is 0 Å². The highest BCUT2D eigenvalue weighted by Gasteiger charge is 2.37. The Morgan fingerprint density at radius 1 is 1.06 bits per heavy atom. The Labute approximate surface area is 291 Å². The van der Waals surface area contributed by atoms with Gasteiger partial charge in [0.25, 0.3) is 5.56 Å². The molecule has 0 spiro atoms. The fraction of sp³-hybridized carbons (Fsp3) is 0.263. The zero-order chi connectivity index (χ0) is 34.8. The second-order valence-corrected chi connectivity index (χ2v) is 13.1. The summed E-state index contributed by atoms with van der Waals surface area (Å²) in [5.74, 6) is 0.249. The highest BCUT2D eigenvalue weighted by Crippen LogP contribution is 2.41. The van der Waals surface area contributed by atoms with Gasteiger partial charge in [0.1, 0.15) is 23.3 Å². The molecule has 0 unspecified atom stereocenters. The average Bonchev–Trinajstić information content (AvgIpc) is 3.67. The van der Waals surface area contributed by atoms with Crippen molar-refractivity contribution in [2.24, 2.45) is 4.99 Å². The number of hydrogen-bond acceptors (Lipinski definition) is 9. The molecule has 252 valence electrons. The molecule has 0 saturated carbocycles.